The van der Waals surface area contributed by atoms with E-state index in [1.165, 1.54) is 4.90 Å². The Labute approximate surface area is 162 Å². The maximum atomic E-state index is 13.5. The number of fused-ring (bicyclic) bond motifs is 6. The predicted molar refractivity (Wildman–Crippen MR) is 101 cm³/mol. The minimum atomic E-state index is -0.766. The van der Waals surface area contributed by atoms with E-state index in [1.807, 2.05) is 31.2 Å². The average molecular weight is 376 g/mol. The monoisotopic (exact) mass is 376 g/mol. The van der Waals surface area contributed by atoms with Gasteiger partial charge >= 0.3 is 0 Å². The molecule has 142 valence electrons. The van der Waals surface area contributed by atoms with Crippen LogP contribution in [0.2, 0.25) is 0 Å². The second-order valence-corrected chi connectivity index (χ2v) is 8.21. The van der Waals surface area contributed by atoms with Crippen molar-refractivity contribution in [2.24, 2.45) is 11.8 Å². The van der Waals surface area contributed by atoms with Gasteiger partial charge in [0.1, 0.15) is 0 Å². The highest BCUT2D eigenvalue weighted by Crippen LogP contribution is 2.62. The molecule has 5 rings (SSSR count). The van der Waals surface area contributed by atoms with Gasteiger partial charge in [-0.15, -0.1) is 0 Å². The first-order valence-corrected chi connectivity index (χ1v) is 9.56. The van der Waals surface area contributed by atoms with Crippen molar-refractivity contribution >= 4 is 28.3 Å². The van der Waals surface area contributed by atoms with Crippen LogP contribution >= 0.6 is 0 Å². The lowest BCUT2D eigenvalue weighted by atomic mass is 9.67. The van der Waals surface area contributed by atoms with Gasteiger partial charge in [0.25, 0.3) is 0 Å². The number of amides is 2. The number of nitrogens with zero attached hydrogens (tertiary/aromatic N) is 2. The molecule has 3 saturated heterocycles. The number of aliphatic hydroxyl groups excluding tert-OH is 1. The number of nitriles is 1. The largest absolute Gasteiger partial charge is 0.396 e. The smallest absolute Gasteiger partial charge is 0.240 e. The second-order valence-electron chi connectivity index (χ2n) is 8.21. The van der Waals surface area contributed by atoms with Crippen LogP contribution in [0.25, 0.3) is 10.8 Å². The highest BCUT2D eigenvalue weighted by atomic mass is 16.5. The van der Waals surface area contributed by atoms with Crippen LogP contribution in [0.15, 0.2) is 36.4 Å². The zero-order valence-electron chi connectivity index (χ0n) is 15.5. The first-order valence-electron chi connectivity index (χ1n) is 9.56. The third-order valence-electron chi connectivity index (χ3n) is 6.81. The van der Waals surface area contributed by atoms with Crippen LogP contribution in [0.5, 0.6) is 0 Å². The minimum absolute atomic E-state index is 0.0828. The molecule has 0 spiro atoms. The first-order chi connectivity index (χ1) is 13.5. The molecule has 6 nitrogen and oxygen atoms in total. The molecule has 0 aromatic heterocycles. The van der Waals surface area contributed by atoms with Gasteiger partial charge in [0.2, 0.25) is 11.8 Å². The highest BCUT2D eigenvalue weighted by molar-refractivity contribution is 6.26. The summed E-state index contributed by atoms with van der Waals surface area (Å²) >= 11 is 0. The zero-order valence-corrected chi connectivity index (χ0v) is 15.5. The highest BCUT2D eigenvalue weighted by Gasteiger charge is 2.73. The summed E-state index contributed by atoms with van der Waals surface area (Å²) < 4.78 is 6.23. The molecule has 0 aliphatic carbocycles. The number of benzene rings is 2. The Hall–Kier alpha value is -2.75. The maximum absolute atomic E-state index is 13.5. The van der Waals surface area contributed by atoms with E-state index in [0.717, 1.165) is 5.39 Å². The van der Waals surface area contributed by atoms with Gasteiger partial charge < -0.3 is 9.84 Å². The Morgan fingerprint density at radius 3 is 2.57 bits per heavy atom. The van der Waals surface area contributed by atoms with E-state index in [9.17, 15) is 20.0 Å². The van der Waals surface area contributed by atoms with Crippen molar-refractivity contribution in [3.63, 3.8) is 0 Å². The standard InChI is InChI=1S/C22H20N2O4/c1-21-8-9-22(28-21,10-11-25)18-17(21)19(26)24(20(18)27)16-7-6-13(12-23)14-4-2-3-5-15(14)16/h2-7,17-18,25H,8-11H2,1H3/t17-,18+,21-,22-/m1/s1. The van der Waals surface area contributed by atoms with E-state index in [0.29, 0.717) is 35.9 Å². The van der Waals surface area contributed by atoms with Gasteiger partial charge in [0, 0.05) is 23.8 Å². The Bertz CT molecular complexity index is 1070. The van der Waals surface area contributed by atoms with Gasteiger partial charge in [-0.25, -0.2) is 4.90 Å². The average Bonchev–Trinajstić information content (AvgIpc) is 3.26. The fraction of sp³-hybridized carbons (Fsp3) is 0.409. The van der Waals surface area contributed by atoms with Gasteiger partial charge in [-0.2, -0.15) is 5.26 Å². The van der Waals surface area contributed by atoms with Crippen LogP contribution in [0.1, 0.15) is 31.7 Å². The van der Waals surface area contributed by atoms with E-state index < -0.39 is 23.0 Å². The number of imide groups is 1. The van der Waals surface area contributed by atoms with E-state index in [-0.39, 0.29) is 18.4 Å². The number of anilines is 1. The fourth-order valence-corrected chi connectivity index (χ4v) is 5.61. The lowest BCUT2D eigenvalue weighted by Crippen LogP contribution is -2.42. The van der Waals surface area contributed by atoms with Crippen molar-refractivity contribution in [2.45, 2.75) is 37.4 Å². The number of aliphatic hydroxyl groups is 1. The molecule has 3 fully saturated rings. The summed E-state index contributed by atoms with van der Waals surface area (Å²) in [6, 6.07) is 12.8. The van der Waals surface area contributed by atoms with Crippen LogP contribution in [-0.4, -0.2) is 34.7 Å². The number of hydrogen-bond donors (Lipinski definition) is 1. The summed E-state index contributed by atoms with van der Waals surface area (Å²) in [6.07, 6.45) is 1.73. The molecule has 2 aromatic carbocycles. The second kappa shape index (κ2) is 5.63. The van der Waals surface area contributed by atoms with Crippen LogP contribution in [0.4, 0.5) is 5.69 Å². The molecule has 0 radical (unpaired) electrons. The molecule has 3 aliphatic heterocycles. The zero-order chi connectivity index (χ0) is 19.7. The van der Waals surface area contributed by atoms with Gasteiger partial charge in [0.15, 0.2) is 0 Å². The van der Waals surface area contributed by atoms with Crippen LogP contribution in [-0.2, 0) is 14.3 Å². The van der Waals surface area contributed by atoms with Gasteiger partial charge in [-0.1, -0.05) is 24.3 Å². The van der Waals surface area contributed by atoms with E-state index in [4.69, 9.17) is 4.74 Å². The van der Waals surface area contributed by atoms with Crippen molar-refractivity contribution < 1.29 is 19.4 Å². The van der Waals surface area contributed by atoms with Crippen molar-refractivity contribution in [3.05, 3.63) is 42.0 Å². The number of ether oxygens (including phenoxy) is 1. The summed E-state index contributed by atoms with van der Waals surface area (Å²) in [6.45, 7) is 1.82. The minimum Gasteiger partial charge on any atom is -0.396 e. The fourth-order valence-electron chi connectivity index (χ4n) is 5.61. The molecule has 2 bridgehead atoms. The molecule has 0 saturated carbocycles. The van der Waals surface area contributed by atoms with Gasteiger partial charge in [-0.05, 0) is 31.9 Å². The van der Waals surface area contributed by atoms with Crippen LogP contribution < -0.4 is 4.90 Å². The van der Waals surface area contributed by atoms with E-state index in [2.05, 4.69) is 6.07 Å². The molecule has 6 heteroatoms. The van der Waals surface area contributed by atoms with Crippen LogP contribution in [0.3, 0.4) is 0 Å². The van der Waals surface area contributed by atoms with E-state index in [1.54, 1.807) is 12.1 Å². The molecule has 3 aliphatic rings. The third-order valence-corrected chi connectivity index (χ3v) is 6.81. The normalized spacial score (nSPS) is 33.5. The molecular formula is C22H20N2O4. The number of carbonyl (C=O) groups is 2. The molecule has 2 amide bonds. The number of carbonyl (C=O) groups excluding carboxylic acids is 2. The van der Waals surface area contributed by atoms with E-state index >= 15 is 0 Å². The summed E-state index contributed by atoms with van der Waals surface area (Å²) in [5.41, 5.74) is -0.422. The number of rotatable bonds is 3. The Morgan fingerprint density at radius 1 is 1.14 bits per heavy atom. The Kier molecular flexibility index (Phi) is 3.49. The van der Waals surface area contributed by atoms with Crippen molar-refractivity contribution in [1.82, 2.24) is 0 Å². The summed E-state index contributed by atoms with van der Waals surface area (Å²) in [5, 5.41) is 20.4. The molecule has 3 heterocycles. The first kappa shape index (κ1) is 17.4. The molecule has 1 N–H and O–H groups in total. The van der Waals surface area contributed by atoms with Gasteiger partial charge in [-0.3, -0.25) is 9.59 Å². The Balaban J connectivity index is 1.67. The summed E-state index contributed by atoms with van der Waals surface area (Å²) in [4.78, 5) is 28.2. The molecule has 2 aromatic rings. The molecule has 28 heavy (non-hydrogen) atoms. The predicted octanol–water partition coefficient (Wildman–Crippen LogP) is 2.52. The Morgan fingerprint density at radius 2 is 1.86 bits per heavy atom. The van der Waals surface area contributed by atoms with Crippen molar-refractivity contribution in [2.75, 3.05) is 11.5 Å². The summed E-state index contributed by atoms with van der Waals surface area (Å²) in [7, 11) is 0. The lowest BCUT2D eigenvalue weighted by molar-refractivity contribution is -0.131. The van der Waals surface area contributed by atoms with Crippen LogP contribution in [0, 0.1) is 23.2 Å². The quantitative estimate of drug-likeness (QED) is 0.832. The summed E-state index contributed by atoms with van der Waals surface area (Å²) in [5.74, 6) is -1.61. The maximum Gasteiger partial charge on any atom is 0.240 e. The molecule has 4 atom stereocenters. The molecular weight excluding hydrogens is 356 g/mol. The van der Waals surface area contributed by atoms with Crippen molar-refractivity contribution in [3.8, 4) is 6.07 Å². The number of hydrogen-bond acceptors (Lipinski definition) is 5. The SMILES string of the molecule is C[C@]12CC[C@](CCO)(O1)[C@@H]1C(=O)N(c3ccc(C#N)c4ccccc34)C(=O)[C@@H]12. The topological polar surface area (TPSA) is 90.6 Å². The van der Waals surface area contributed by atoms with Crippen molar-refractivity contribution in [1.29, 1.82) is 5.26 Å². The third kappa shape index (κ3) is 1.98. The molecule has 0 unspecified atom stereocenters. The van der Waals surface area contributed by atoms with Gasteiger partial charge in [0.05, 0.1) is 40.4 Å². The lowest BCUT2D eigenvalue weighted by Gasteiger charge is -2.30.